The lowest BCUT2D eigenvalue weighted by molar-refractivity contribution is 0.466. The third-order valence-electron chi connectivity index (χ3n) is 4.19. The van der Waals surface area contributed by atoms with E-state index in [-0.39, 0.29) is 17.1 Å². The summed E-state index contributed by atoms with van der Waals surface area (Å²) in [6, 6.07) is 20.3. The quantitative estimate of drug-likeness (QED) is 0.242. The number of hydrogen-bond acceptors (Lipinski definition) is 5. The number of aliphatic hydroxyl groups is 1. The Morgan fingerprint density at radius 1 is 1.10 bits per heavy atom. The molecule has 0 spiro atoms. The third kappa shape index (κ3) is 3.99. The summed E-state index contributed by atoms with van der Waals surface area (Å²) in [5.74, 6) is 0.420. The van der Waals surface area contributed by atoms with Crippen molar-refractivity contribution in [3.63, 3.8) is 0 Å². The molecule has 29 heavy (non-hydrogen) atoms. The average Bonchev–Trinajstić information content (AvgIpc) is 3.40. The van der Waals surface area contributed by atoms with Gasteiger partial charge in [0.2, 0.25) is 0 Å². The number of aromatic nitrogens is 1. The second-order valence-corrected chi connectivity index (χ2v) is 8.20. The monoisotopic (exact) mass is 482 g/mol. The standard InChI is InChI=1S/C22H12BrClN2O2S/c23-14-7-5-13(6-8-14)18-12-29-22(26-18)16(11-25)21(27)20-10-9-19(28-20)15-3-1-2-4-17(15)24/h1-10,12,27H. The number of rotatable bonds is 4. The van der Waals surface area contributed by atoms with Crippen molar-refractivity contribution in [1.29, 1.82) is 5.26 Å². The van der Waals surface area contributed by atoms with E-state index in [1.165, 1.54) is 11.3 Å². The van der Waals surface area contributed by atoms with Crippen LogP contribution < -0.4 is 0 Å². The maximum atomic E-state index is 10.7. The molecule has 0 aliphatic rings. The molecule has 0 unspecified atom stereocenters. The number of aliphatic hydroxyl groups excluding tert-OH is 1. The second-order valence-electron chi connectivity index (χ2n) is 6.02. The molecule has 2 aromatic carbocycles. The summed E-state index contributed by atoms with van der Waals surface area (Å²) in [5.41, 5.74) is 2.41. The molecular weight excluding hydrogens is 472 g/mol. The highest BCUT2D eigenvalue weighted by Gasteiger charge is 2.18. The fourth-order valence-electron chi connectivity index (χ4n) is 2.74. The van der Waals surface area contributed by atoms with Crippen molar-refractivity contribution in [3.05, 3.63) is 86.3 Å². The molecule has 1 N–H and O–H groups in total. The van der Waals surface area contributed by atoms with Gasteiger partial charge in [0, 0.05) is 21.0 Å². The summed E-state index contributed by atoms with van der Waals surface area (Å²) in [5, 5.41) is 23.1. The van der Waals surface area contributed by atoms with Gasteiger partial charge >= 0.3 is 0 Å². The maximum absolute atomic E-state index is 10.7. The van der Waals surface area contributed by atoms with Crippen molar-refractivity contribution >= 4 is 50.2 Å². The normalized spacial score (nSPS) is 11.8. The summed E-state index contributed by atoms with van der Waals surface area (Å²) in [4.78, 5) is 4.51. The molecule has 0 saturated heterocycles. The molecule has 2 heterocycles. The van der Waals surface area contributed by atoms with Crippen molar-refractivity contribution < 1.29 is 9.52 Å². The third-order valence-corrected chi connectivity index (χ3v) is 5.90. The fraction of sp³-hybridized carbons (Fsp3) is 0. The van der Waals surface area contributed by atoms with Gasteiger partial charge in [0.15, 0.2) is 11.5 Å². The molecule has 0 fully saturated rings. The van der Waals surface area contributed by atoms with Gasteiger partial charge < -0.3 is 9.52 Å². The second kappa shape index (κ2) is 8.26. The van der Waals surface area contributed by atoms with Gasteiger partial charge in [-0.3, -0.25) is 0 Å². The molecule has 0 aliphatic heterocycles. The topological polar surface area (TPSA) is 70.0 Å². The van der Waals surface area contributed by atoms with Crippen molar-refractivity contribution in [2.24, 2.45) is 0 Å². The van der Waals surface area contributed by atoms with Crippen molar-refractivity contribution in [1.82, 2.24) is 4.98 Å². The molecular formula is C22H12BrClN2O2S. The van der Waals surface area contributed by atoms with E-state index in [4.69, 9.17) is 16.0 Å². The molecule has 7 heteroatoms. The van der Waals surface area contributed by atoms with Gasteiger partial charge in [0.25, 0.3) is 0 Å². The minimum atomic E-state index is -0.262. The van der Waals surface area contributed by atoms with Gasteiger partial charge in [0.05, 0.1) is 10.7 Å². The van der Waals surface area contributed by atoms with Crippen LogP contribution >= 0.6 is 38.9 Å². The lowest BCUT2D eigenvalue weighted by Crippen LogP contribution is -1.89. The van der Waals surface area contributed by atoms with Crippen molar-refractivity contribution in [2.45, 2.75) is 0 Å². The number of nitrogens with zero attached hydrogens (tertiary/aromatic N) is 2. The number of nitriles is 1. The van der Waals surface area contributed by atoms with Gasteiger partial charge in [-0.1, -0.05) is 51.8 Å². The first-order valence-electron chi connectivity index (χ1n) is 8.47. The Balaban J connectivity index is 1.70. The SMILES string of the molecule is N#CC(=C(O)c1ccc(-c2ccccc2Cl)o1)c1nc(-c2ccc(Br)cc2)cs1. The summed E-state index contributed by atoms with van der Waals surface area (Å²) >= 11 is 10.9. The summed E-state index contributed by atoms with van der Waals surface area (Å²) in [7, 11) is 0. The Kier molecular flexibility index (Phi) is 5.54. The van der Waals surface area contributed by atoms with E-state index in [9.17, 15) is 10.4 Å². The Bertz CT molecular complexity index is 1250. The minimum absolute atomic E-state index is 0.0541. The predicted octanol–water partition coefficient (Wildman–Crippen LogP) is 7.44. The van der Waals surface area contributed by atoms with E-state index in [0.717, 1.165) is 15.7 Å². The number of benzene rings is 2. The molecule has 2 aromatic heterocycles. The smallest absolute Gasteiger partial charge is 0.179 e. The van der Waals surface area contributed by atoms with Crippen LogP contribution in [0.25, 0.3) is 33.9 Å². The van der Waals surface area contributed by atoms with Crippen molar-refractivity contribution in [2.75, 3.05) is 0 Å². The number of halogens is 2. The van der Waals surface area contributed by atoms with Gasteiger partial charge in [-0.25, -0.2) is 4.98 Å². The van der Waals surface area contributed by atoms with Crippen LogP contribution in [-0.2, 0) is 0 Å². The highest BCUT2D eigenvalue weighted by Crippen LogP contribution is 2.34. The fourth-order valence-corrected chi connectivity index (χ4v) is 4.05. The van der Waals surface area contributed by atoms with Crippen LogP contribution in [0.4, 0.5) is 0 Å². The van der Waals surface area contributed by atoms with Crippen LogP contribution in [0.3, 0.4) is 0 Å². The first-order chi connectivity index (χ1) is 14.1. The maximum Gasteiger partial charge on any atom is 0.179 e. The predicted molar refractivity (Wildman–Crippen MR) is 119 cm³/mol. The molecule has 0 aliphatic carbocycles. The minimum Gasteiger partial charge on any atom is -0.503 e. The van der Waals surface area contributed by atoms with Gasteiger partial charge in [-0.15, -0.1) is 11.3 Å². The van der Waals surface area contributed by atoms with E-state index in [1.54, 1.807) is 18.2 Å². The number of hydrogen-bond donors (Lipinski definition) is 1. The summed E-state index contributed by atoms with van der Waals surface area (Å²) in [6.07, 6.45) is 0. The van der Waals surface area contributed by atoms with E-state index in [1.807, 2.05) is 53.9 Å². The Labute approximate surface area is 184 Å². The van der Waals surface area contributed by atoms with Crippen LogP contribution in [-0.4, -0.2) is 10.1 Å². The molecule has 4 aromatic rings. The highest BCUT2D eigenvalue weighted by molar-refractivity contribution is 9.10. The Hall–Kier alpha value is -2.85. The van der Waals surface area contributed by atoms with Crippen LogP contribution in [0, 0.1) is 11.3 Å². The molecule has 0 amide bonds. The highest BCUT2D eigenvalue weighted by atomic mass is 79.9. The molecule has 0 atom stereocenters. The molecule has 4 rings (SSSR count). The Morgan fingerprint density at radius 2 is 1.86 bits per heavy atom. The van der Waals surface area contributed by atoms with Crippen LogP contribution in [0.2, 0.25) is 5.02 Å². The van der Waals surface area contributed by atoms with Crippen LogP contribution in [0.1, 0.15) is 10.8 Å². The van der Waals surface area contributed by atoms with E-state index in [0.29, 0.717) is 21.4 Å². The number of thiazole rings is 1. The molecule has 0 bridgehead atoms. The van der Waals surface area contributed by atoms with E-state index in [2.05, 4.69) is 20.9 Å². The van der Waals surface area contributed by atoms with Crippen LogP contribution in [0.5, 0.6) is 0 Å². The lowest BCUT2D eigenvalue weighted by atomic mass is 10.2. The average molecular weight is 484 g/mol. The summed E-state index contributed by atoms with van der Waals surface area (Å²) < 4.78 is 6.72. The number of allylic oxidation sites excluding steroid dienone is 1. The molecule has 142 valence electrons. The zero-order valence-electron chi connectivity index (χ0n) is 14.8. The zero-order chi connectivity index (χ0) is 20.4. The molecule has 0 radical (unpaired) electrons. The van der Waals surface area contributed by atoms with Gasteiger partial charge in [-0.2, -0.15) is 5.26 Å². The molecule has 0 saturated carbocycles. The van der Waals surface area contributed by atoms with Gasteiger partial charge in [-0.05, 0) is 36.4 Å². The van der Waals surface area contributed by atoms with E-state index < -0.39 is 0 Å². The number of furan rings is 1. The lowest BCUT2D eigenvalue weighted by Gasteiger charge is -2.01. The van der Waals surface area contributed by atoms with Crippen LogP contribution in [0.15, 0.2) is 74.9 Å². The first-order valence-corrected chi connectivity index (χ1v) is 10.5. The Morgan fingerprint density at radius 3 is 2.59 bits per heavy atom. The van der Waals surface area contributed by atoms with E-state index >= 15 is 0 Å². The molecule has 4 nitrogen and oxygen atoms in total. The van der Waals surface area contributed by atoms with Gasteiger partial charge in [0.1, 0.15) is 22.4 Å². The summed E-state index contributed by atoms with van der Waals surface area (Å²) in [6.45, 7) is 0. The van der Waals surface area contributed by atoms with Crippen molar-refractivity contribution in [3.8, 4) is 28.7 Å². The largest absolute Gasteiger partial charge is 0.503 e. The first kappa shape index (κ1) is 19.5. The zero-order valence-corrected chi connectivity index (χ0v) is 17.9.